The van der Waals surface area contributed by atoms with Crippen molar-refractivity contribution < 1.29 is 9.18 Å². The number of benzene rings is 1. The van der Waals surface area contributed by atoms with Crippen LogP contribution in [0.3, 0.4) is 0 Å². The molecule has 0 radical (unpaired) electrons. The lowest BCUT2D eigenvalue weighted by molar-refractivity contribution is -0.120. The fourth-order valence-electron chi connectivity index (χ4n) is 1.92. The number of carbonyl (C=O) groups is 1. The van der Waals surface area contributed by atoms with E-state index in [0.29, 0.717) is 11.4 Å². The van der Waals surface area contributed by atoms with Gasteiger partial charge in [0.15, 0.2) is 5.82 Å². The van der Waals surface area contributed by atoms with Crippen molar-refractivity contribution in [2.45, 2.75) is 33.2 Å². The highest BCUT2D eigenvalue weighted by Gasteiger charge is 2.22. The Labute approximate surface area is 123 Å². The number of halogens is 1. The smallest absolute Gasteiger partial charge is 0.243 e. The monoisotopic (exact) mass is 290 g/mol. The summed E-state index contributed by atoms with van der Waals surface area (Å²) >= 11 is 0. The van der Waals surface area contributed by atoms with Gasteiger partial charge in [0.1, 0.15) is 5.69 Å². The van der Waals surface area contributed by atoms with Gasteiger partial charge >= 0.3 is 0 Å². The van der Waals surface area contributed by atoms with Crippen LogP contribution in [0.4, 0.5) is 10.1 Å². The fraction of sp³-hybridized carbons (Fsp3) is 0.333. The van der Waals surface area contributed by atoms with Gasteiger partial charge in [-0.05, 0) is 52.0 Å². The van der Waals surface area contributed by atoms with E-state index in [-0.39, 0.29) is 5.91 Å². The second-order valence-corrected chi connectivity index (χ2v) is 5.68. The highest BCUT2D eigenvalue weighted by atomic mass is 19.1. The molecule has 1 amide bonds. The summed E-state index contributed by atoms with van der Waals surface area (Å²) in [5.74, 6) is -0.838. The van der Waals surface area contributed by atoms with Crippen molar-refractivity contribution in [3.8, 4) is 5.69 Å². The Kier molecular flexibility index (Phi) is 3.82. The molecule has 1 heterocycles. The highest BCUT2D eigenvalue weighted by molar-refractivity contribution is 5.97. The molecule has 6 heteroatoms. The van der Waals surface area contributed by atoms with Crippen molar-refractivity contribution in [3.05, 3.63) is 41.5 Å². The van der Waals surface area contributed by atoms with Gasteiger partial charge < -0.3 is 11.1 Å². The molecule has 0 bridgehead atoms. The van der Waals surface area contributed by atoms with E-state index in [9.17, 15) is 9.18 Å². The second kappa shape index (κ2) is 5.29. The van der Waals surface area contributed by atoms with Crippen LogP contribution in [-0.2, 0) is 4.79 Å². The summed E-state index contributed by atoms with van der Waals surface area (Å²) in [7, 11) is 0. The molecule has 3 N–H and O–H groups in total. The second-order valence-electron chi connectivity index (χ2n) is 5.68. The molecule has 0 atom stereocenters. The molecular weight excluding hydrogens is 271 g/mol. The van der Waals surface area contributed by atoms with Crippen molar-refractivity contribution in [3.63, 3.8) is 0 Å². The number of nitrogens with two attached hydrogens (primary N) is 1. The van der Waals surface area contributed by atoms with Crippen LogP contribution in [0.25, 0.3) is 5.69 Å². The van der Waals surface area contributed by atoms with Gasteiger partial charge in [0.05, 0.1) is 11.2 Å². The molecular formula is C15H19FN4O. The van der Waals surface area contributed by atoms with Gasteiger partial charge in [0.25, 0.3) is 0 Å². The number of amides is 1. The average molecular weight is 290 g/mol. The molecule has 0 saturated carbocycles. The first-order valence-corrected chi connectivity index (χ1v) is 6.62. The predicted octanol–water partition coefficient (Wildman–Crippen LogP) is 2.30. The lowest BCUT2D eigenvalue weighted by atomic mass is 10.1. The lowest BCUT2D eigenvalue weighted by Gasteiger charge is -2.18. The van der Waals surface area contributed by atoms with Gasteiger partial charge in [-0.1, -0.05) is 0 Å². The molecule has 112 valence electrons. The van der Waals surface area contributed by atoms with Gasteiger partial charge in [-0.25, -0.2) is 9.07 Å². The Bertz CT molecular complexity index is 685. The first-order valence-electron chi connectivity index (χ1n) is 6.62. The maximum Gasteiger partial charge on any atom is 0.243 e. The number of aryl methyl sites for hydroxylation is 2. The first kappa shape index (κ1) is 15.2. The van der Waals surface area contributed by atoms with E-state index >= 15 is 0 Å². The third-order valence-corrected chi connectivity index (χ3v) is 3.03. The number of hydrogen-bond donors (Lipinski definition) is 2. The number of hydrogen-bond acceptors (Lipinski definition) is 3. The summed E-state index contributed by atoms with van der Waals surface area (Å²) < 4.78 is 15.8. The van der Waals surface area contributed by atoms with Gasteiger partial charge in [-0.15, -0.1) is 0 Å². The van der Waals surface area contributed by atoms with Gasteiger partial charge in [0, 0.05) is 11.4 Å². The number of carbonyl (C=O) groups excluding carboxylic acids is 1. The van der Waals surface area contributed by atoms with E-state index in [1.807, 2.05) is 19.9 Å². The van der Waals surface area contributed by atoms with Crippen LogP contribution in [0.15, 0.2) is 24.3 Å². The zero-order valence-electron chi connectivity index (χ0n) is 12.6. The molecule has 1 aromatic heterocycles. The maximum absolute atomic E-state index is 14.2. The average Bonchev–Trinajstić information content (AvgIpc) is 2.67. The van der Waals surface area contributed by atoms with Crippen molar-refractivity contribution in [1.29, 1.82) is 0 Å². The van der Waals surface area contributed by atoms with Crippen LogP contribution in [0.2, 0.25) is 0 Å². The normalized spacial score (nSPS) is 11.5. The van der Waals surface area contributed by atoms with E-state index in [4.69, 9.17) is 5.73 Å². The largest absolute Gasteiger partial charge is 0.324 e. The van der Waals surface area contributed by atoms with E-state index in [0.717, 1.165) is 11.4 Å². The van der Waals surface area contributed by atoms with Crippen molar-refractivity contribution >= 4 is 11.6 Å². The van der Waals surface area contributed by atoms with Gasteiger partial charge in [0.2, 0.25) is 5.91 Å². The molecule has 1 aromatic carbocycles. The molecule has 5 nitrogen and oxygen atoms in total. The molecule has 2 rings (SSSR count). The highest BCUT2D eigenvalue weighted by Crippen LogP contribution is 2.20. The Morgan fingerprint density at radius 1 is 1.33 bits per heavy atom. The summed E-state index contributed by atoms with van der Waals surface area (Å²) in [5, 5.41) is 6.83. The Morgan fingerprint density at radius 3 is 2.48 bits per heavy atom. The quantitative estimate of drug-likeness (QED) is 0.911. The van der Waals surface area contributed by atoms with E-state index < -0.39 is 11.4 Å². The fourth-order valence-corrected chi connectivity index (χ4v) is 1.92. The topological polar surface area (TPSA) is 72.9 Å². The SMILES string of the molecule is Cc1cc(C)n(-c2ccc(NC(=O)C(C)(C)N)cc2F)n1. The number of anilines is 1. The van der Waals surface area contributed by atoms with E-state index in [2.05, 4.69) is 10.4 Å². The molecule has 0 aliphatic heterocycles. The Morgan fingerprint density at radius 2 is 2.00 bits per heavy atom. The molecule has 0 saturated heterocycles. The third kappa shape index (κ3) is 3.28. The van der Waals surface area contributed by atoms with Gasteiger partial charge in [-0.2, -0.15) is 5.10 Å². The van der Waals surface area contributed by atoms with Crippen molar-refractivity contribution in [2.24, 2.45) is 5.73 Å². The minimum atomic E-state index is -1.02. The van der Waals surface area contributed by atoms with Crippen LogP contribution >= 0.6 is 0 Å². The standard InChI is InChI=1S/C15H19FN4O/c1-9-7-10(2)20(19-9)13-6-5-11(8-12(13)16)18-14(21)15(3,4)17/h5-8H,17H2,1-4H3,(H,18,21). The predicted molar refractivity (Wildman–Crippen MR) is 79.9 cm³/mol. The zero-order chi connectivity index (χ0) is 15.8. The summed E-state index contributed by atoms with van der Waals surface area (Å²) in [6.45, 7) is 6.87. The van der Waals surface area contributed by atoms with Crippen molar-refractivity contribution in [2.75, 3.05) is 5.32 Å². The molecule has 0 aliphatic rings. The molecule has 0 aliphatic carbocycles. The summed E-state index contributed by atoms with van der Waals surface area (Å²) in [5.41, 5.74) is 7.02. The molecule has 0 spiro atoms. The number of aromatic nitrogens is 2. The van der Waals surface area contributed by atoms with Crippen LogP contribution in [-0.4, -0.2) is 21.2 Å². The minimum Gasteiger partial charge on any atom is -0.324 e. The van der Waals surface area contributed by atoms with Crippen LogP contribution < -0.4 is 11.1 Å². The van der Waals surface area contributed by atoms with Crippen LogP contribution in [0.5, 0.6) is 0 Å². The summed E-state index contributed by atoms with van der Waals surface area (Å²) in [4.78, 5) is 11.8. The molecule has 21 heavy (non-hydrogen) atoms. The van der Waals surface area contributed by atoms with Gasteiger partial charge in [-0.3, -0.25) is 4.79 Å². The summed E-state index contributed by atoms with van der Waals surface area (Å²) in [6, 6.07) is 6.33. The van der Waals surface area contributed by atoms with Crippen molar-refractivity contribution in [1.82, 2.24) is 9.78 Å². The minimum absolute atomic E-state index is 0.339. The zero-order valence-corrected chi connectivity index (χ0v) is 12.6. The Hall–Kier alpha value is -2.21. The number of nitrogens with one attached hydrogen (secondary N) is 1. The van der Waals surface area contributed by atoms with E-state index in [1.54, 1.807) is 26.0 Å². The van der Waals surface area contributed by atoms with E-state index in [1.165, 1.54) is 10.7 Å². The Balaban J connectivity index is 2.30. The molecule has 2 aromatic rings. The maximum atomic E-state index is 14.2. The number of nitrogens with zero attached hydrogens (tertiary/aromatic N) is 2. The first-order chi connectivity index (χ1) is 9.68. The van der Waals surface area contributed by atoms with Crippen LogP contribution in [0, 0.1) is 19.7 Å². The lowest BCUT2D eigenvalue weighted by Crippen LogP contribution is -2.45. The number of rotatable bonds is 3. The molecule has 0 fully saturated rings. The summed E-state index contributed by atoms with van der Waals surface area (Å²) in [6.07, 6.45) is 0. The third-order valence-electron chi connectivity index (χ3n) is 3.03. The molecule has 0 unspecified atom stereocenters. The van der Waals surface area contributed by atoms with Crippen LogP contribution in [0.1, 0.15) is 25.2 Å².